The highest BCUT2D eigenvalue weighted by Gasteiger charge is 2.13. The molecular formula is C19H20ClN5OS. The lowest BCUT2D eigenvalue weighted by atomic mass is 10.3. The van der Waals surface area contributed by atoms with Crippen molar-refractivity contribution in [1.82, 2.24) is 14.8 Å². The summed E-state index contributed by atoms with van der Waals surface area (Å²) < 4.78 is 2.01. The highest BCUT2D eigenvalue weighted by Crippen LogP contribution is 2.19. The maximum Gasteiger partial charge on any atom is 0.234 e. The van der Waals surface area contributed by atoms with Crippen molar-refractivity contribution in [3.63, 3.8) is 0 Å². The van der Waals surface area contributed by atoms with Gasteiger partial charge in [0, 0.05) is 22.9 Å². The highest BCUT2D eigenvalue weighted by atomic mass is 35.5. The van der Waals surface area contributed by atoms with Crippen molar-refractivity contribution in [2.75, 3.05) is 16.4 Å². The summed E-state index contributed by atoms with van der Waals surface area (Å²) >= 11 is 7.22. The fourth-order valence-electron chi connectivity index (χ4n) is 2.47. The van der Waals surface area contributed by atoms with E-state index in [1.54, 1.807) is 24.3 Å². The first-order valence-corrected chi connectivity index (χ1v) is 9.91. The van der Waals surface area contributed by atoms with Crippen molar-refractivity contribution in [3.05, 3.63) is 65.4 Å². The molecule has 0 aliphatic carbocycles. The minimum Gasteiger partial charge on any atom is -0.378 e. The molecule has 0 saturated carbocycles. The molecule has 0 radical (unpaired) electrons. The Labute approximate surface area is 167 Å². The molecule has 0 spiro atoms. The number of nitrogens with one attached hydrogen (secondary N) is 2. The average molecular weight is 402 g/mol. The van der Waals surface area contributed by atoms with E-state index in [1.165, 1.54) is 11.8 Å². The molecule has 2 aromatic carbocycles. The number of aromatic nitrogens is 3. The fourth-order valence-corrected chi connectivity index (χ4v) is 3.42. The molecule has 27 heavy (non-hydrogen) atoms. The minimum absolute atomic E-state index is 0.100. The third-order valence-electron chi connectivity index (χ3n) is 3.79. The molecule has 2 N–H and O–H groups in total. The first-order chi connectivity index (χ1) is 13.2. The van der Waals surface area contributed by atoms with Gasteiger partial charge in [-0.25, -0.2) is 0 Å². The van der Waals surface area contributed by atoms with Crippen LogP contribution < -0.4 is 10.6 Å². The van der Waals surface area contributed by atoms with Crippen LogP contribution in [0.15, 0.2) is 59.8 Å². The van der Waals surface area contributed by atoms with E-state index in [1.807, 2.05) is 41.8 Å². The zero-order chi connectivity index (χ0) is 19.1. The van der Waals surface area contributed by atoms with Crippen molar-refractivity contribution in [1.29, 1.82) is 0 Å². The zero-order valence-electron chi connectivity index (χ0n) is 14.9. The van der Waals surface area contributed by atoms with Gasteiger partial charge in [-0.05, 0) is 43.3 Å². The van der Waals surface area contributed by atoms with E-state index in [-0.39, 0.29) is 11.7 Å². The number of hydrogen-bond donors (Lipinski definition) is 2. The Morgan fingerprint density at radius 1 is 1.07 bits per heavy atom. The van der Waals surface area contributed by atoms with E-state index in [2.05, 4.69) is 20.8 Å². The Morgan fingerprint density at radius 2 is 1.81 bits per heavy atom. The minimum atomic E-state index is -0.100. The fraction of sp³-hybridized carbons (Fsp3) is 0.211. The summed E-state index contributed by atoms with van der Waals surface area (Å²) in [5.41, 5.74) is 1.74. The number of nitrogens with zero attached hydrogens (tertiary/aromatic N) is 3. The number of amides is 1. The van der Waals surface area contributed by atoms with Crippen LogP contribution in [0, 0.1) is 0 Å². The lowest BCUT2D eigenvalue weighted by Crippen LogP contribution is -2.15. The number of anilines is 2. The third kappa shape index (κ3) is 5.48. The van der Waals surface area contributed by atoms with Gasteiger partial charge >= 0.3 is 0 Å². The highest BCUT2D eigenvalue weighted by molar-refractivity contribution is 7.99. The lowest BCUT2D eigenvalue weighted by molar-refractivity contribution is -0.113. The summed E-state index contributed by atoms with van der Waals surface area (Å²) in [6.07, 6.45) is 0. The molecular weight excluding hydrogens is 382 g/mol. The van der Waals surface area contributed by atoms with Gasteiger partial charge in [0.2, 0.25) is 5.91 Å². The summed E-state index contributed by atoms with van der Waals surface area (Å²) in [6, 6.07) is 17.0. The third-order valence-corrected chi connectivity index (χ3v) is 5.01. The number of para-hydroxylation sites is 1. The van der Waals surface area contributed by atoms with Gasteiger partial charge in [-0.1, -0.05) is 41.6 Å². The van der Waals surface area contributed by atoms with Crippen LogP contribution in [0.1, 0.15) is 12.7 Å². The van der Waals surface area contributed by atoms with E-state index in [4.69, 9.17) is 11.6 Å². The molecule has 1 amide bonds. The van der Waals surface area contributed by atoms with E-state index in [9.17, 15) is 4.79 Å². The molecule has 0 unspecified atom stereocenters. The predicted molar refractivity (Wildman–Crippen MR) is 110 cm³/mol. The Bertz CT molecular complexity index is 883. The standard InChI is InChI=1S/C19H20ClN5OS/c1-2-25-17(12-21-15-6-4-3-5-7-15)23-24-19(25)27-13-18(26)22-16-10-8-14(20)9-11-16/h3-11,21H,2,12-13H2,1H3,(H,22,26). The largest absolute Gasteiger partial charge is 0.378 e. The van der Waals surface area contributed by atoms with Crippen molar-refractivity contribution in [2.24, 2.45) is 0 Å². The van der Waals surface area contributed by atoms with Crippen molar-refractivity contribution in [3.8, 4) is 0 Å². The van der Waals surface area contributed by atoms with Gasteiger partial charge in [0.25, 0.3) is 0 Å². The van der Waals surface area contributed by atoms with Gasteiger partial charge in [-0.15, -0.1) is 10.2 Å². The second-order valence-electron chi connectivity index (χ2n) is 5.71. The van der Waals surface area contributed by atoms with Crippen LogP contribution in [0.25, 0.3) is 0 Å². The smallest absolute Gasteiger partial charge is 0.234 e. The van der Waals surface area contributed by atoms with Crippen molar-refractivity contribution < 1.29 is 4.79 Å². The van der Waals surface area contributed by atoms with Crippen LogP contribution in [0.3, 0.4) is 0 Å². The number of carbonyl (C=O) groups is 1. The summed E-state index contributed by atoms with van der Waals surface area (Å²) in [7, 11) is 0. The second-order valence-corrected chi connectivity index (χ2v) is 7.09. The second kappa shape index (κ2) is 9.43. The Hall–Kier alpha value is -2.51. The van der Waals surface area contributed by atoms with Gasteiger partial charge < -0.3 is 15.2 Å². The summed E-state index contributed by atoms with van der Waals surface area (Å²) in [4.78, 5) is 12.2. The topological polar surface area (TPSA) is 71.8 Å². The van der Waals surface area contributed by atoms with Gasteiger partial charge in [-0.2, -0.15) is 0 Å². The zero-order valence-corrected chi connectivity index (χ0v) is 16.4. The maximum atomic E-state index is 12.2. The molecule has 3 rings (SSSR count). The molecule has 0 bridgehead atoms. The first kappa shape index (κ1) is 19.3. The van der Waals surface area contributed by atoms with E-state index in [0.717, 1.165) is 28.9 Å². The number of hydrogen-bond acceptors (Lipinski definition) is 5. The van der Waals surface area contributed by atoms with Crippen LogP contribution in [0.2, 0.25) is 5.02 Å². The average Bonchev–Trinajstić information content (AvgIpc) is 3.09. The van der Waals surface area contributed by atoms with Crippen molar-refractivity contribution >= 4 is 40.6 Å². The van der Waals surface area contributed by atoms with Gasteiger partial charge in [0.1, 0.15) is 0 Å². The van der Waals surface area contributed by atoms with Gasteiger partial charge in [0.15, 0.2) is 11.0 Å². The van der Waals surface area contributed by atoms with Gasteiger partial charge in [0.05, 0.1) is 12.3 Å². The molecule has 0 aliphatic heterocycles. The SMILES string of the molecule is CCn1c(CNc2ccccc2)nnc1SCC(=O)Nc1ccc(Cl)cc1. The number of benzene rings is 2. The quantitative estimate of drug-likeness (QED) is 0.551. The first-order valence-electron chi connectivity index (χ1n) is 8.55. The van der Waals surface area contributed by atoms with Crippen LogP contribution >= 0.6 is 23.4 Å². The van der Waals surface area contributed by atoms with Crippen LogP contribution in [0.5, 0.6) is 0 Å². The van der Waals surface area contributed by atoms with Crippen LogP contribution in [-0.2, 0) is 17.9 Å². The predicted octanol–water partition coefficient (Wildman–Crippen LogP) is 4.29. The number of rotatable bonds is 8. The molecule has 0 aliphatic rings. The Morgan fingerprint density at radius 3 is 2.52 bits per heavy atom. The summed E-state index contributed by atoms with van der Waals surface area (Å²) in [6.45, 7) is 3.34. The molecule has 8 heteroatoms. The molecule has 1 heterocycles. The molecule has 140 valence electrons. The van der Waals surface area contributed by atoms with Crippen molar-refractivity contribution in [2.45, 2.75) is 25.2 Å². The Kier molecular flexibility index (Phi) is 6.73. The molecule has 0 saturated heterocycles. The van der Waals surface area contributed by atoms with Gasteiger partial charge in [-0.3, -0.25) is 4.79 Å². The number of halogens is 1. The van der Waals surface area contributed by atoms with E-state index in [0.29, 0.717) is 11.6 Å². The Balaban J connectivity index is 1.56. The van der Waals surface area contributed by atoms with E-state index >= 15 is 0 Å². The lowest BCUT2D eigenvalue weighted by Gasteiger charge is -2.09. The molecule has 6 nitrogen and oxygen atoms in total. The van der Waals surface area contributed by atoms with Crippen LogP contribution in [0.4, 0.5) is 11.4 Å². The maximum absolute atomic E-state index is 12.2. The van der Waals surface area contributed by atoms with Crippen LogP contribution in [-0.4, -0.2) is 26.4 Å². The summed E-state index contributed by atoms with van der Waals surface area (Å²) in [5, 5.41) is 16.0. The van der Waals surface area contributed by atoms with E-state index < -0.39 is 0 Å². The normalized spacial score (nSPS) is 10.6. The monoisotopic (exact) mass is 401 g/mol. The molecule has 1 aromatic heterocycles. The number of thioether (sulfide) groups is 1. The summed E-state index contributed by atoms with van der Waals surface area (Å²) in [5.74, 6) is 0.992. The molecule has 0 fully saturated rings. The molecule has 0 atom stereocenters. The molecule has 3 aromatic rings. The number of carbonyl (C=O) groups excluding carboxylic acids is 1.